The van der Waals surface area contributed by atoms with E-state index in [0.29, 0.717) is 18.7 Å². The third-order valence-electron chi connectivity index (χ3n) is 4.04. The third kappa shape index (κ3) is 3.83. The molecule has 1 atom stereocenters. The summed E-state index contributed by atoms with van der Waals surface area (Å²) < 4.78 is 24.6. The molecule has 0 spiro atoms. The molecule has 1 unspecified atom stereocenters. The lowest BCUT2D eigenvalue weighted by Gasteiger charge is -2.31. The van der Waals surface area contributed by atoms with Crippen molar-refractivity contribution < 1.29 is 13.2 Å². The number of carbonyl (C=O) groups is 1. The van der Waals surface area contributed by atoms with Crippen molar-refractivity contribution in [3.05, 3.63) is 34.9 Å². The van der Waals surface area contributed by atoms with Crippen LogP contribution in [0.4, 0.5) is 0 Å². The Kier molecular flexibility index (Phi) is 4.68. The number of hydrogen-bond donors (Lipinski definition) is 1. The molecular formula is C15H22N2O3S. The number of nitrogens with zero attached hydrogens (tertiary/aromatic N) is 1. The van der Waals surface area contributed by atoms with Crippen LogP contribution in [0.3, 0.4) is 0 Å². The summed E-state index contributed by atoms with van der Waals surface area (Å²) in [6, 6.07) is 5.51. The molecule has 1 N–H and O–H groups in total. The van der Waals surface area contributed by atoms with Gasteiger partial charge in [0.1, 0.15) is 0 Å². The van der Waals surface area contributed by atoms with Crippen molar-refractivity contribution in [1.82, 2.24) is 9.62 Å². The number of sulfonamides is 1. The predicted octanol–water partition coefficient (Wildman–Crippen LogP) is 1.46. The smallest absolute Gasteiger partial charge is 0.251 e. The van der Waals surface area contributed by atoms with Gasteiger partial charge < -0.3 is 5.32 Å². The summed E-state index contributed by atoms with van der Waals surface area (Å²) in [6.45, 7) is 4.79. The van der Waals surface area contributed by atoms with Gasteiger partial charge in [0, 0.05) is 24.7 Å². The summed E-state index contributed by atoms with van der Waals surface area (Å²) in [7, 11) is -3.19. The molecule has 0 radical (unpaired) electrons. The Morgan fingerprint density at radius 1 is 1.33 bits per heavy atom. The first-order valence-corrected chi connectivity index (χ1v) is 8.96. The second-order valence-electron chi connectivity index (χ2n) is 5.68. The van der Waals surface area contributed by atoms with Crippen LogP contribution in [0.15, 0.2) is 18.2 Å². The molecule has 0 saturated carbocycles. The number of rotatable bonds is 3. The summed E-state index contributed by atoms with van der Waals surface area (Å²) in [5, 5.41) is 2.96. The normalized spacial score (nSPS) is 20.2. The van der Waals surface area contributed by atoms with Gasteiger partial charge in [0.05, 0.1) is 6.26 Å². The SMILES string of the molecule is Cc1cccc(C(=O)NC2CCCN(S(C)(=O)=O)C2)c1C. The summed E-state index contributed by atoms with van der Waals surface area (Å²) in [4.78, 5) is 12.4. The van der Waals surface area contributed by atoms with Gasteiger partial charge in [-0.2, -0.15) is 0 Å². The third-order valence-corrected chi connectivity index (χ3v) is 5.31. The molecule has 0 aromatic heterocycles. The van der Waals surface area contributed by atoms with E-state index in [9.17, 15) is 13.2 Å². The second-order valence-corrected chi connectivity index (χ2v) is 7.66. The first-order valence-electron chi connectivity index (χ1n) is 7.11. The minimum atomic E-state index is -3.19. The molecule has 1 heterocycles. The van der Waals surface area contributed by atoms with Crippen molar-refractivity contribution in [3.63, 3.8) is 0 Å². The van der Waals surface area contributed by atoms with Gasteiger partial charge in [-0.15, -0.1) is 0 Å². The molecule has 1 aromatic carbocycles. The minimum absolute atomic E-state index is 0.124. The fraction of sp³-hybridized carbons (Fsp3) is 0.533. The lowest BCUT2D eigenvalue weighted by Crippen LogP contribution is -2.49. The Balaban J connectivity index is 2.08. The molecule has 6 heteroatoms. The van der Waals surface area contributed by atoms with E-state index in [-0.39, 0.29) is 11.9 Å². The number of nitrogens with one attached hydrogen (secondary N) is 1. The van der Waals surface area contributed by atoms with Gasteiger partial charge >= 0.3 is 0 Å². The number of benzene rings is 1. The molecule has 1 aromatic rings. The van der Waals surface area contributed by atoms with Crippen LogP contribution in [-0.2, 0) is 10.0 Å². The maximum Gasteiger partial charge on any atom is 0.251 e. The van der Waals surface area contributed by atoms with Crippen LogP contribution >= 0.6 is 0 Å². The average Bonchev–Trinajstić information content (AvgIpc) is 2.41. The van der Waals surface area contributed by atoms with Gasteiger partial charge in [-0.25, -0.2) is 12.7 Å². The van der Waals surface area contributed by atoms with E-state index in [1.165, 1.54) is 10.6 Å². The predicted molar refractivity (Wildman–Crippen MR) is 82.8 cm³/mol. The van der Waals surface area contributed by atoms with Gasteiger partial charge in [-0.05, 0) is 43.9 Å². The van der Waals surface area contributed by atoms with Crippen molar-refractivity contribution in [2.45, 2.75) is 32.7 Å². The average molecular weight is 310 g/mol. The van der Waals surface area contributed by atoms with E-state index >= 15 is 0 Å². The molecule has 1 aliphatic heterocycles. The van der Waals surface area contributed by atoms with E-state index in [0.717, 1.165) is 24.0 Å². The molecule has 1 saturated heterocycles. The molecule has 2 rings (SSSR count). The standard InChI is InChI=1S/C15H22N2O3S/c1-11-6-4-8-14(12(11)2)15(18)16-13-7-5-9-17(10-13)21(3,19)20/h4,6,8,13H,5,7,9-10H2,1-3H3,(H,16,18). The Bertz CT molecular complexity index is 640. The largest absolute Gasteiger partial charge is 0.348 e. The zero-order valence-corrected chi connectivity index (χ0v) is 13.5. The van der Waals surface area contributed by atoms with E-state index in [2.05, 4.69) is 5.32 Å². The van der Waals surface area contributed by atoms with Crippen LogP contribution in [0.2, 0.25) is 0 Å². The number of piperidine rings is 1. The van der Waals surface area contributed by atoms with Crippen molar-refractivity contribution >= 4 is 15.9 Å². The van der Waals surface area contributed by atoms with Gasteiger partial charge in [-0.3, -0.25) is 4.79 Å². The Labute approximate surface area is 126 Å². The molecule has 1 fully saturated rings. The summed E-state index contributed by atoms with van der Waals surface area (Å²) >= 11 is 0. The summed E-state index contributed by atoms with van der Waals surface area (Å²) in [6.07, 6.45) is 2.79. The van der Waals surface area contributed by atoms with E-state index < -0.39 is 10.0 Å². The quantitative estimate of drug-likeness (QED) is 0.919. The highest BCUT2D eigenvalue weighted by Gasteiger charge is 2.27. The number of amides is 1. The lowest BCUT2D eigenvalue weighted by molar-refractivity contribution is 0.0920. The van der Waals surface area contributed by atoms with Crippen molar-refractivity contribution in [1.29, 1.82) is 0 Å². The number of hydrogen-bond acceptors (Lipinski definition) is 3. The van der Waals surface area contributed by atoms with Crippen LogP contribution in [0.1, 0.15) is 34.3 Å². The van der Waals surface area contributed by atoms with Crippen molar-refractivity contribution in [2.75, 3.05) is 19.3 Å². The molecule has 1 amide bonds. The van der Waals surface area contributed by atoms with Crippen LogP contribution < -0.4 is 5.32 Å². The molecule has 116 valence electrons. The Morgan fingerprint density at radius 2 is 2.05 bits per heavy atom. The Morgan fingerprint density at radius 3 is 2.71 bits per heavy atom. The maximum atomic E-state index is 12.4. The van der Waals surface area contributed by atoms with Gasteiger partial charge in [0.25, 0.3) is 5.91 Å². The van der Waals surface area contributed by atoms with Gasteiger partial charge in [0.2, 0.25) is 10.0 Å². The molecule has 21 heavy (non-hydrogen) atoms. The summed E-state index contributed by atoms with van der Waals surface area (Å²) in [5.74, 6) is -0.128. The molecule has 0 aliphatic carbocycles. The zero-order chi connectivity index (χ0) is 15.6. The molecule has 5 nitrogen and oxygen atoms in total. The highest BCUT2D eigenvalue weighted by atomic mass is 32.2. The topological polar surface area (TPSA) is 66.5 Å². The second kappa shape index (κ2) is 6.15. The first-order chi connectivity index (χ1) is 9.79. The lowest BCUT2D eigenvalue weighted by atomic mass is 10.0. The highest BCUT2D eigenvalue weighted by molar-refractivity contribution is 7.88. The van der Waals surface area contributed by atoms with E-state index in [1.807, 2.05) is 26.0 Å². The van der Waals surface area contributed by atoms with Gasteiger partial charge in [0.15, 0.2) is 0 Å². The maximum absolute atomic E-state index is 12.4. The van der Waals surface area contributed by atoms with E-state index in [1.54, 1.807) is 6.07 Å². The minimum Gasteiger partial charge on any atom is -0.348 e. The molecular weight excluding hydrogens is 288 g/mol. The van der Waals surface area contributed by atoms with Crippen LogP contribution in [0.5, 0.6) is 0 Å². The first kappa shape index (κ1) is 16.0. The van der Waals surface area contributed by atoms with Crippen LogP contribution in [-0.4, -0.2) is 44.0 Å². The van der Waals surface area contributed by atoms with E-state index in [4.69, 9.17) is 0 Å². The summed E-state index contributed by atoms with van der Waals surface area (Å²) in [5.41, 5.74) is 2.70. The fourth-order valence-electron chi connectivity index (χ4n) is 2.62. The fourth-order valence-corrected chi connectivity index (χ4v) is 3.53. The monoisotopic (exact) mass is 310 g/mol. The highest BCUT2D eigenvalue weighted by Crippen LogP contribution is 2.16. The van der Waals surface area contributed by atoms with Crippen molar-refractivity contribution in [3.8, 4) is 0 Å². The van der Waals surface area contributed by atoms with Crippen LogP contribution in [0, 0.1) is 13.8 Å². The molecule has 1 aliphatic rings. The zero-order valence-electron chi connectivity index (χ0n) is 12.7. The van der Waals surface area contributed by atoms with Gasteiger partial charge in [-0.1, -0.05) is 12.1 Å². The molecule has 0 bridgehead atoms. The number of carbonyl (C=O) groups excluding carboxylic acids is 1. The number of aryl methyl sites for hydroxylation is 1. The van der Waals surface area contributed by atoms with Crippen LogP contribution in [0.25, 0.3) is 0 Å². The van der Waals surface area contributed by atoms with Crippen molar-refractivity contribution in [2.24, 2.45) is 0 Å². The Hall–Kier alpha value is -1.40.